The first-order valence-electron chi connectivity index (χ1n) is 11.1. The molecule has 0 radical (unpaired) electrons. The van der Waals surface area contributed by atoms with E-state index in [4.69, 9.17) is 9.47 Å². The van der Waals surface area contributed by atoms with Crippen molar-refractivity contribution in [1.82, 2.24) is 14.7 Å². The zero-order valence-corrected chi connectivity index (χ0v) is 19.6. The summed E-state index contributed by atoms with van der Waals surface area (Å²) in [6.45, 7) is 4.49. The van der Waals surface area contributed by atoms with E-state index < -0.39 is 0 Å². The van der Waals surface area contributed by atoms with Gasteiger partial charge in [-0.2, -0.15) is 0 Å². The van der Waals surface area contributed by atoms with Crippen LogP contribution in [0.4, 0.5) is 0 Å². The summed E-state index contributed by atoms with van der Waals surface area (Å²) in [6.07, 6.45) is 2.05. The van der Waals surface area contributed by atoms with E-state index >= 15 is 0 Å². The van der Waals surface area contributed by atoms with Crippen LogP contribution in [0.1, 0.15) is 23.3 Å². The van der Waals surface area contributed by atoms with Crippen LogP contribution >= 0.6 is 11.3 Å². The van der Waals surface area contributed by atoms with E-state index in [-0.39, 0.29) is 17.9 Å². The summed E-state index contributed by atoms with van der Waals surface area (Å²) in [5.74, 6) is 1.62. The van der Waals surface area contributed by atoms with Gasteiger partial charge in [-0.15, -0.1) is 11.3 Å². The van der Waals surface area contributed by atoms with E-state index in [1.54, 1.807) is 30.5 Å². The highest BCUT2D eigenvalue weighted by Crippen LogP contribution is 2.28. The van der Waals surface area contributed by atoms with Crippen LogP contribution in [0.3, 0.4) is 0 Å². The van der Waals surface area contributed by atoms with Crippen molar-refractivity contribution in [2.24, 2.45) is 0 Å². The van der Waals surface area contributed by atoms with Crippen molar-refractivity contribution >= 4 is 23.2 Å². The van der Waals surface area contributed by atoms with E-state index in [0.717, 1.165) is 54.4 Å². The molecule has 0 N–H and O–H groups in total. The Kier molecular flexibility index (Phi) is 7.32. The number of thiophene rings is 1. The van der Waals surface area contributed by atoms with E-state index in [1.165, 1.54) is 0 Å². The van der Waals surface area contributed by atoms with Gasteiger partial charge in [0.2, 0.25) is 11.8 Å². The molecule has 0 saturated carbocycles. The number of methoxy groups -OCH3 is 2. The maximum Gasteiger partial charge on any atom is 0.245 e. The van der Waals surface area contributed by atoms with Crippen molar-refractivity contribution in [3.05, 3.63) is 46.2 Å². The van der Waals surface area contributed by atoms with Crippen molar-refractivity contribution in [3.8, 4) is 11.5 Å². The minimum atomic E-state index is -0.306. The van der Waals surface area contributed by atoms with Crippen LogP contribution in [0, 0.1) is 0 Å². The number of benzene rings is 1. The summed E-state index contributed by atoms with van der Waals surface area (Å²) in [7, 11) is 3.28. The number of carbonyl (C=O) groups is 2. The number of carbonyl (C=O) groups excluding carboxylic acids is 2. The fourth-order valence-corrected chi connectivity index (χ4v) is 5.26. The minimum Gasteiger partial charge on any atom is -0.493 e. The molecule has 2 aromatic rings. The molecule has 2 saturated heterocycles. The van der Waals surface area contributed by atoms with Crippen LogP contribution in [-0.4, -0.2) is 79.5 Å². The Morgan fingerprint density at radius 1 is 1.03 bits per heavy atom. The van der Waals surface area contributed by atoms with Gasteiger partial charge in [0, 0.05) is 44.1 Å². The molecule has 1 aromatic carbocycles. The molecule has 2 aliphatic rings. The summed E-state index contributed by atoms with van der Waals surface area (Å²) < 4.78 is 10.7. The highest BCUT2D eigenvalue weighted by atomic mass is 32.1. The number of likely N-dealkylation sites (tertiary alicyclic amines) is 1. The molecule has 1 unspecified atom stereocenters. The minimum absolute atomic E-state index is 0.0652. The molecule has 32 heavy (non-hydrogen) atoms. The second kappa shape index (κ2) is 10.4. The summed E-state index contributed by atoms with van der Waals surface area (Å²) in [6, 6.07) is 9.62. The van der Waals surface area contributed by atoms with Crippen LogP contribution in [0.25, 0.3) is 0 Å². The molecular weight excluding hydrogens is 426 g/mol. The first-order valence-corrected chi connectivity index (χ1v) is 12.0. The van der Waals surface area contributed by atoms with Gasteiger partial charge in [-0.25, -0.2) is 0 Å². The Balaban J connectivity index is 1.30. The lowest BCUT2D eigenvalue weighted by atomic mass is 10.1. The molecule has 4 rings (SSSR count). The quantitative estimate of drug-likeness (QED) is 0.640. The van der Waals surface area contributed by atoms with Crippen molar-refractivity contribution < 1.29 is 19.1 Å². The first-order chi connectivity index (χ1) is 15.6. The highest BCUT2D eigenvalue weighted by molar-refractivity contribution is 7.10. The van der Waals surface area contributed by atoms with Crippen molar-refractivity contribution in [2.75, 3.05) is 46.9 Å². The van der Waals surface area contributed by atoms with Gasteiger partial charge < -0.3 is 19.3 Å². The van der Waals surface area contributed by atoms with Crippen LogP contribution < -0.4 is 9.47 Å². The highest BCUT2D eigenvalue weighted by Gasteiger charge is 2.37. The number of nitrogens with zero attached hydrogens (tertiary/aromatic N) is 3. The number of ether oxygens (including phenoxy) is 2. The maximum atomic E-state index is 13.2. The van der Waals surface area contributed by atoms with E-state index in [1.807, 2.05) is 34.5 Å². The second-order valence-corrected chi connectivity index (χ2v) is 9.32. The Hall–Kier alpha value is -2.58. The fraction of sp³-hybridized carbons (Fsp3) is 0.500. The lowest BCUT2D eigenvalue weighted by Crippen LogP contribution is -2.54. The first kappa shape index (κ1) is 22.6. The van der Waals surface area contributed by atoms with E-state index in [0.29, 0.717) is 26.1 Å². The molecule has 0 bridgehead atoms. The molecule has 2 aliphatic heterocycles. The second-order valence-electron chi connectivity index (χ2n) is 8.29. The molecule has 1 atom stereocenters. The Morgan fingerprint density at radius 2 is 1.81 bits per heavy atom. The number of rotatable bonds is 7. The van der Waals surface area contributed by atoms with Gasteiger partial charge in [0.25, 0.3) is 0 Å². The monoisotopic (exact) mass is 457 g/mol. The Labute approximate surface area is 193 Å². The molecule has 7 nitrogen and oxygen atoms in total. The van der Waals surface area contributed by atoms with Crippen LogP contribution in [0.2, 0.25) is 0 Å². The van der Waals surface area contributed by atoms with Crippen LogP contribution in [0.15, 0.2) is 35.7 Å². The van der Waals surface area contributed by atoms with Crippen LogP contribution in [-0.2, 0) is 22.6 Å². The van der Waals surface area contributed by atoms with Gasteiger partial charge in [0.1, 0.15) is 6.04 Å². The number of piperazine rings is 1. The summed E-state index contributed by atoms with van der Waals surface area (Å²) in [5, 5.41) is 1.98. The molecule has 8 heteroatoms. The zero-order chi connectivity index (χ0) is 22.5. The lowest BCUT2D eigenvalue weighted by molar-refractivity contribution is -0.144. The summed E-state index contributed by atoms with van der Waals surface area (Å²) in [4.78, 5) is 33.2. The van der Waals surface area contributed by atoms with E-state index in [9.17, 15) is 9.59 Å². The Bertz CT molecular complexity index is 925. The van der Waals surface area contributed by atoms with Gasteiger partial charge in [0.15, 0.2) is 11.5 Å². The molecule has 3 heterocycles. The van der Waals surface area contributed by atoms with Gasteiger partial charge in [-0.1, -0.05) is 12.1 Å². The number of amides is 2. The normalized spacial score (nSPS) is 19.2. The van der Waals surface area contributed by atoms with Gasteiger partial charge >= 0.3 is 0 Å². The number of hydrogen-bond acceptors (Lipinski definition) is 6. The Morgan fingerprint density at radius 3 is 2.50 bits per heavy atom. The van der Waals surface area contributed by atoms with Crippen molar-refractivity contribution in [2.45, 2.75) is 31.8 Å². The maximum absolute atomic E-state index is 13.2. The van der Waals surface area contributed by atoms with Gasteiger partial charge in [0.05, 0.1) is 20.6 Å². The zero-order valence-electron chi connectivity index (χ0n) is 18.8. The predicted molar refractivity (Wildman–Crippen MR) is 124 cm³/mol. The molecule has 172 valence electrons. The van der Waals surface area contributed by atoms with E-state index in [2.05, 4.69) is 11.0 Å². The van der Waals surface area contributed by atoms with Gasteiger partial charge in [-0.05, 0) is 42.0 Å². The molecule has 2 fully saturated rings. The summed E-state index contributed by atoms with van der Waals surface area (Å²) >= 11 is 1.59. The summed E-state index contributed by atoms with van der Waals surface area (Å²) in [5.41, 5.74) is 1.16. The van der Waals surface area contributed by atoms with Crippen molar-refractivity contribution in [1.29, 1.82) is 0 Å². The predicted octanol–water partition coefficient (Wildman–Crippen LogP) is 2.64. The molecular formula is C24H31N3O4S. The average molecular weight is 458 g/mol. The molecule has 0 aliphatic carbocycles. The third-order valence-corrected chi connectivity index (χ3v) is 7.18. The largest absolute Gasteiger partial charge is 0.493 e. The smallest absolute Gasteiger partial charge is 0.245 e. The third-order valence-electron chi connectivity index (χ3n) is 6.30. The SMILES string of the molecule is COc1ccc(CN2CCN(C(=O)C3CCCN3C(=O)Cc3cccs3)CC2)cc1OC. The third kappa shape index (κ3) is 5.07. The molecule has 2 amide bonds. The lowest BCUT2D eigenvalue weighted by Gasteiger charge is -2.37. The fourth-order valence-electron chi connectivity index (χ4n) is 4.56. The standard InChI is InChI=1S/C24H31N3O4S/c1-30-21-8-7-18(15-22(21)31-2)17-25-10-12-26(13-11-25)24(29)20-6-3-9-27(20)23(28)16-19-5-4-14-32-19/h4-5,7-8,14-15,20H,3,6,9-13,16-17H2,1-2H3. The molecule has 1 aromatic heterocycles. The topological polar surface area (TPSA) is 62.3 Å². The number of hydrogen-bond donors (Lipinski definition) is 0. The van der Waals surface area contributed by atoms with Crippen LogP contribution in [0.5, 0.6) is 11.5 Å². The van der Waals surface area contributed by atoms with Gasteiger partial charge in [-0.3, -0.25) is 14.5 Å². The van der Waals surface area contributed by atoms with Crippen molar-refractivity contribution in [3.63, 3.8) is 0 Å². The molecule has 0 spiro atoms. The average Bonchev–Trinajstić information content (AvgIpc) is 3.51.